The molecule has 0 unspecified atom stereocenters. The zero-order valence-electron chi connectivity index (χ0n) is 17.3. The van der Waals surface area contributed by atoms with Crippen molar-refractivity contribution < 1.29 is 13.9 Å². The molecule has 0 N–H and O–H groups in total. The molecule has 3 nitrogen and oxygen atoms in total. The number of pyridine rings is 1. The first kappa shape index (κ1) is 19.5. The second-order valence-corrected chi connectivity index (χ2v) is 9.20. The Morgan fingerprint density at radius 1 is 1.07 bits per heavy atom. The number of benzene rings is 1. The van der Waals surface area contributed by atoms with Gasteiger partial charge < -0.3 is 4.74 Å². The van der Waals surface area contributed by atoms with Crippen LogP contribution in [0.4, 0.5) is 4.39 Å². The quantitative estimate of drug-likeness (QED) is 0.597. The number of hydrogen-bond donors (Lipinski definition) is 0. The van der Waals surface area contributed by atoms with Gasteiger partial charge in [-0.25, -0.2) is 4.39 Å². The molecule has 156 valence electrons. The van der Waals surface area contributed by atoms with Gasteiger partial charge in [0.1, 0.15) is 11.9 Å². The molecule has 1 aliphatic heterocycles. The van der Waals surface area contributed by atoms with Gasteiger partial charge in [0.05, 0.1) is 11.6 Å². The molecule has 2 aromatic rings. The Hall–Kier alpha value is -2.49. The molecule has 2 saturated carbocycles. The highest BCUT2D eigenvalue weighted by molar-refractivity contribution is 5.75. The molecule has 30 heavy (non-hydrogen) atoms. The van der Waals surface area contributed by atoms with Crippen molar-refractivity contribution in [1.29, 1.82) is 0 Å². The highest BCUT2D eigenvalue weighted by atomic mass is 19.1. The zero-order valence-corrected chi connectivity index (χ0v) is 17.3. The van der Waals surface area contributed by atoms with Crippen LogP contribution in [-0.4, -0.2) is 17.1 Å². The summed E-state index contributed by atoms with van der Waals surface area (Å²) in [6, 6.07) is 10.5. The summed E-state index contributed by atoms with van der Waals surface area (Å²) in [5.74, 6) is 1.68. The molecule has 1 saturated heterocycles. The lowest BCUT2D eigenvalue weighted by Crippen LogP contribution is -2.43. The maximum atomic E-state index is 13.2. The standard InChI is InChI=1S/C26H28FNO2/c1-16-25-23(22-5-3-2-4-18(22)14-24(25)30-26(16)29)13-12-21-11-8-19(15-28-21)17-6-9-20(27)10-7-17/h6-13,15-16,18,22-25H,2-5,14H2,1H3/b13-12+/t16-,18-,22+,23-,24-,25+/m0/s1. The van der Waals surface area contributed by atoms with Gasteiger partial charge in [-0.2, -0.15) is 0 Å². The molecular weight excluding hydrogens is 377 g/mol. The smallest absolute Gasteiger partial charge is 0.309 e. The molecule has 2 aliphatic carbocycles. The number of allylic oxidation sites excluding steroid dienone is 1. The van der Waals surface area contributed by atoms with Crippen molar-refractivity contribution in [2.45, 2.75) is 45.1 Å². The van der Waals surface area contributed by atoms with E-state index >= 15 is 0 Å². The van der Waals surface area contributed by atoms with Gasteiger partial charge in [-0.1, -0.05) is 50.5 Å². The summed E-state index contributed by atoms with van der Waals surface area (Å²) in [6.07, 6.45) is 12.5. The number of fused-ring (bicyclic) bond motifs is 2. The largest absolute Gasteiger partial charge is 0.462 e. The molecule has 0 amide bonds. The Labute approximate surface area is 177 Å². The first-order chi connectivity index (χ1) is 14.6. The number of esters is 1. The van der Waals surface area contributed by atoms with Gasteiger partial charge >= 0.3 is 5.97 Å². The van der Waals surface area contributed by atoms with Crippen molar-refractivity contribution in [1.82, 2.24) is 4.98 Å². The first-order valence-electron chi connectivity index (χ1n) is 11.2. The van der Waals surface area contributed by atoms with Crippen LogP contribution in [0, 0.1) is 35.4 Å². The van der Waals surface area contributed by atoms with E-state index in [1.54, 1.807) is 12.1 Å². The summed E-state index contributed by atoms with van der Waals surface area (Å²) in [4.78, 5) is 16.9. The number of aromatic nitrogens is 1. The Morgan fingerprint density at radius 3 is 2.60 bits per heavy atom. The van der Waals surface area contributed by atoms with Gasteiger partial charge in [-0.05, 0) is 60.4 Å². The normalized spacial score (nSPS) is 33.2. The van der Waals surface area contributed by atoms with Crippen molar-refractivity contribution in [2.75, 3.05) is 0 Å². The summed E-state index contributed by atoms with van der Waals surface area (Å²) in [5.41, 5.74) is 2.84. The molecular formula is C26H28FNO2. The fourth-order valence-electron chi connectivity index (χ4n) is 6.02. The van der Waals surface area contributed by atoms with E-state index < -0.39 is 0 Å². The lowest BCUT2D eigenvalue weighted by molar-refractivity contribution is -0.145. The van der Waals surface area contributed by atoms with Crippen LogP contribution in [0.5, 0.6) is 0 Å². The highest BCUT2D eigenvalue weighted by Crippen LogP contribution is 2.52. The predicted octanol–water partition coefficient (Wildman–Crippen LogP) is 5.90. The van der Waals surface area contributed by atoms with E-state index in [0.29, 0.717) is 17.8 Å². The van der Waals surface area contributed by atoms with Crippen LogP contribution in [0.2, 0.25) is 0 Å². The third-order valence-corrected chi connectivity index (χ3v) is 7.54. The van der Waals surface area contributed by atoms with Crippen molar-refractivity contribution in [3.63, 3.8) is 0 Å². The van der Waals surface area contributed by atoms with E-state index in [1.165, 1.54) is 37.8 Å². The molecule has 5 rings (SSSR count). The van der Waals surface area contributed by atoms with Crippen LogP contribution in [0.3, 0.4) is 0 Å². The molecule has 0 bridgehead atoms. The molecule has 6 atom stereocenters. The lowest BCUT2D eigenvalue weighted by Gasteiger charge is -2.46. The third-order valence-electron chi connectivity index (χ3n) is 7.54. The monoisotopic (exact) mass is 405 g/mol. The number of carbonyl (C=O) groups excluding carboxylic acids is 1. The molecule has 0 spiro atoms. The van der Waals surface area contributed by atoms with Crippen LogP contribution in [0.25, 0.3) is 17.2 Å². The Kier molecular flexibility index (Phi) is 5.18. The third kappa shape index (κ3) is 3.57. The van der Waals surface area contributed by atoms with E-state index in [2.05, 4.69) is 17.1 Å². The number of nitrogens with zero attached hydrogens (tertiary/aromatic N) is 1. The van der Waals surface area contributed by atoms with Gasteiger partial charge in [-0.3, -0.25) is 9.78 Å². The Bertz CT molecular complexity index is 937. The van der Waals surface area contributed by atoms with Gasteiger partial charge in [0.2, 0.25) is 0 Å². The van der Waals surface area contributed by atoms with Gasteiger partial charge in [0.15, 0.2) is 0 Å². The van der Waals surface area contributed by atoms with Crippen LogP contribution in [0.15, 0.2) is 48.7 Å². The van der Waals surface area contributed by atoms with Gasteiger partial charge in [0.25, 0.3) is 0 Å². The number of halogens is 1. The first-order valence-corrected chi connectivity index (χ1v) is 11.2. The van der Waals surface area contributed by atoms with Crippen molar-refractivity contribution in [3.8, 4) is 11.1 Å². The average Bonchev–Trinajstić information content (AvgIpc) is 3.05. The van der Waals surface area contributed by atoms with Crippen molar-refractivity contribution in [2.24, 2.45) is 29.6 Å². The summed E-state index contributed by atoms with van der Waals surface area (Å²) in [6.45, 7) is 2.03. The molecule has 3 fully saturated rings. The minimum Gasteiger partial charge on any atom is -0.462 e. The van der Waals surface area contributed by atoms with Crippen LogP contribution in [0.1, 0.15) is 44.7 Å². The van der Waals surface area contributed by atoms with Crippen LogP contribution < -0.4 is 0 Å². The van der Waals surface area contributed by atoms with E-state index in [-0.39, 0.29) is 29.7 Å². The van der Waals surface area contributed by atoms with E-state index in [0.717, 1.165) is 23.2 Å². The summed E-state index contributed by atoms with van der Waals surface area (Å²) in [5, 5.41) is 0. The van der Waals surface area contributed by atoms with Crippen LogP contribution in [-0.2, 0) is 9.53 Å². The molecule has 0 radical (unpaired) electrons. The molecule has 4 heteroatoms. The van der Waals surface area contributed by atoms with E-state index in [9.17, 15) is 9.18 Å². The minimum absolute atomic E-state index is 0.0242. The molecule has 1 aromatic heterocycles. The highest BCUT2D eigenvalue weighted by Gasteiger charge is 2.53. The van der Waals surface area contributed by atoms with Crippen LogP contribution >= 0.6 is 0 Å². The second-order valence-electron chi connectivity index (χ2n) is 9.20. The van der Waals surface area contributed by atoms with Crippen molar-refractivity contribution in [3.05, 3.63) is 60.2 Å². The summed E-state index contributed by atoms with van der Waals surface area (Å²) in [7, 11) is 0. The fraction of sp³-hybridized carbons (Fsp3) is 0.462. The maximum absolute atomic E-state index is 13.2. The van der Waals surface area contributed by atoms with Crippen molar-refractivity contribution >= 4 is 12.0 Å². The maximum Gasteiger partial charge on any atom is 0.309 e. The number of ether oxygens (including phenoxy) is 1. The number of carbonyl (C=O) groups is 1. The minimum atomic E-state index is -0.235. The topological polar surface area (TPSA) is 39.2 Å². The van der Waals surface area contributed by atoms with Gasteiger partial charge in [-0.15, -0.1) is 0 Å². The average molecular weight is 406 g/mol. The number of hydrogen-bond acceptors (Lipinski definition) is 3. The fourth-order valence-corrected chi connectivity index (χ4v) is 6.02. The lowest BCUT2D eigenvalue weighted by atomic mass is 9.59. The Balaban J connectivity index is 1.38. The van der Waals surface area contributed by atoms with E-state index in [4.69, 9.17) is 4.74 Å². The van der Waals surface area contributed by atoms with E-state index in [1.807, 2.05) is 25.3 Å². The van der Waals surface area contributed by atoms with Gasteiger partial charge in [0, 0.05) is 17.7 Å². The zero-order chi connectivity index (χ0) is 20.7. The predicted molar refractivity (Wildman–Crippen MR) is 115 cm³/mol. The molecule has 2 heterocycles. The number of rotatable bonds is 3. The second kappa shape index (κ2) is 7.98. The Morgan fingerprint density at radius 2 is 1.83 bits per heavy atom. The summed E-state index contributed by atoms with van der Waals surface area (Å²) >= 11 is 0. The molecule has 3 aliphatic rings. The summed E-state index contributed by atoms with van der Waals surface area (Å²) < 4.78 is 18.9. The SMILES string of the molecule is C[C@@H]1C(=O)O[C@H]2C[C@@H]3CCCC[C@H]3[C@H](/C=C/c3ccc(-c4ccc(F)cc4)cn3)[C@H]21. The molecule has 1 aromatic carbocycles.